The van der Waals surface area contributed by atoms with Crippen LogP contribution >= 0.6 is 11.3 Å². The molecule has 1 N–H and O–H groups in total. The van der Waals surface area contributed by atoms with Crippen LogP contribution < -0.4 is 5.32 Å². The first-order valence-electron chi connectivity index (χ1n) is 4.92. The lowest BCUT2D eigenvalue weighted by Crippen LogP contribution is -2.35. The van der Waals surface area contributed by atoms with Crippen molar-refractivity contribution in [1.29, 1.82) is 0 Å². The summed E-state index contributed by atoms with van der Waals surface area (Å²) in [6.45, 7) is 5.28. The average Bonchev–Trinajstić information content (AvgIpc) is 2.64. The first-order valence-corrected chi connectivity index (χ1v) is 5.80. The topological polar surface area (TPSA) is 55.4 Å². The number of amides is 1. The van der Waals surface area contributed by atoms with Gasteiger partial charge >= 0.3 is 6.09 Å². The van der Waals surface area contributed by atoms with E-state index in [2.05, 4.69) is 5.32 Å². The molecule has 0 atom stereocenters. The van der Waals surface area contributed by atoms with Gasteiger partial charge in [-0.25, -0.2) is 4.79 Å². The Hall–Kier alpha value is -1.36. The fraction of sp³-hybridized carbons (Fsp3) is 0.455. The van der Waals surface area contributed by atoms with Crippen LogP contribution in [0.3, 0.4) is 0 Å². The molecule has 0 aromatic carbocycles. The summed E-state index contributed by atoms with van der Waals surface area (Å²) >= 11 is 1.35. The van der Waals surface area contributed by atoms with Crippen LogP contribution in [0.25, 0.3) is 0 Å². The van der Waals surface area contributed by atoms with E-state index in [1.165, 1.54) is 11.3 Å². The van der Waals surface area contributed by atoms with Gasteiger partial charge in [0, 0.05) is 0 Å². The molecule has 0 bridgehead atoms. The summed E-state index contributed by atoms with van der Waals surface area (Å²) in [5.74, 6) is -0.110. The van der Waals surface area contributed by atoms with Crippen LogP contribution in [-0.4, -0.2) is 24.0 Å². The number of rotatable bonds is 3. The second kappa shape index (κ2) is 5.12. The Morgan fingerprint density at radius 2 is 2.12 bits per heavy atom. The summed E-state index contributed by atoms with van der Waals surface area (Å²) in [5, 5.41) is 4.24. The molecule has 0 spiro atoms. The molecule has 88 valence electrons. The predicted octanol–water partition coefficient (Wildman–Crippen LogP) is 2.46. The molecule has 1 aromatic rings. The minimum absolute atomic E-state index is 0.0323. The van der Waals surface area contributed by atoms with Gasteiger partial charge in [-0.05, 0) is 32.2 Å². The predicted molar refractivity (Wildman–Crippen MR) is 62.9 cm³/mol. The summed E-state index contributed by atoms with van der Waals surface area (Å²) in [7, 11) is 0. The number of Topliss-reactive ketones (excluding diaryl/α,β-unsaturated/α-hetero) is 1. The van der Waals surface area contributed by atoms with E-state index in [0.717, 1.165) is 0 Å². The highest BCUT2D eigenvalue weighted by Gasteiger charge is 2.17. The Balaban J connectivity index is 2.35. The molecule has 1 heterocycles. The fourth-order valence-corrected chi connectivity index (χ4v) is 1.66. The SMILES string of the molecule is CC(C)(C)OC(=O)NCC(=O)c1cccs1. The molecule has 16 heavy (non-hydrogen) atoms. The summed E-state index contributed by atoms with van der Waals surface area (Å²) in [4.78, 5) is 23.4. The van der Waals surface area contributed by atoms with Crippen LogP contribution in [0.15, 0.2) is 17.5 Å². The van der Waals surface area contributed by atoms with Gasteiger partial charge in [-0.2, -0.15) is 0 Å². The molecule has 1 rings (SSSR count). The molecular weight excluding hydrogens is 226 g/mol. The van der Waals surface area contributed by atoms with Crippen molar-refractivity contribution in [3.05, 3.63) is 22.4 Å². The first kappa shape index (κ1) is 12.7. The Labute approximate surface area is 98.6 Å². The first-order chi connectivity index (χ1) is 7.38. The van der Waals surface area contributed by atoms with Crippen molar-refractivity contribution in [1.82, 2.24) is 5.32 Å². The number of carbonyl (C=O) groups excluding carboxylic acids is 2. The highest BCUT2D eigenvalue weighted by molar-refractivity contribution is 7.12. The number of ketones is 1. The summed E-state index contributed by atoms with van der Waals surface area (Å²) in [6, 6.07) is 3.52. The summed E-state index contributed by atoms with van der Waals surface area (Å²) < 4.78 is 5.01. The summed E-state index contributed by atoms with van der Waals surface area (Å²) in [5.41, 5.74) is -0.546. The minimum Gasteiger partial charge on any atom is -0.444 e. The van der Waals surface area contributed by atoms with E-state index in [1.54, 1.807) is 32.9 Å². The van der Waals surface area contributed by atoms with E-state index in [-0.39, 0.29) is 12.3 Å². The molecule has 0 unspecified atom stereocenters. The number of hydrogen-bond donors (Lipinski definition) is 1. The van der Waals surface area contributed by atoms with Gasteiger partial charge in [0.05, 0.1) is 11.4 Å². The molecule has 0 aliphatic heterocycles. The molecule has 0 saturated heterocycles. The van der Waals surface area contributed by atoms with Crippen LogP contribution in [0.4, 0.5) is 4.79 Å². The number of nitrogens with one attached hydrogen (secondary N) is 1. The third-order valence-corrected chi connectivity index (χ3v) is 2.50. The van der Waals surface area contributed by atoms with E-state index in [0.29, 0.717) is 4.88 Å². The fourth-order valence-electron chi connectivity index (χ4n) is 0.991. The third-order valence-electron chi connectivity index (χ3n) is 1.59. The molecule has 1 amide bonds. The van der Waals surface area contributed by atoms with Crippen LogP contribution in [-0.2, 0) is 4.74 Å². The second-order valence-electron chi connectivity index (χ2n) is 4.26. The summed E-state index contributed by atoms with van der Waals surface area (Å²) in [6.07, 6.45) is -0.572. The van der Waals surface area contributed by atoms with E-state index in [9.17, 15) is 9.59 Å². The van der Waals surface area contributed by atoms with Gasteiger partial charge in [0.1, 0.15) is 5.60 Å². The van der Waals surface area contributed by atoms with Crippen LogP contribution in [0, 0.1) is 0 Å². The van der Waals surface area contributed by atoms with Crippen molar-refractivity contribution in [2.24, 2.45) is 0 Å². The van der Waals surface area contributed by atoms with Gasteiger partial charge in [0.2, 0.25) is 0 Å². The zero-order valence-electron chi connectivity index (χ0n) is 9.57. The number of hydrogen-bond acceptors (Lipinski definition) is 4. The lowest BCUT2D eigenvalue weighted by Gasteiger charge is -2.19. The molecule has 0 saturated carbocycles. The number of alkyl carbamates (subject to hydrolysis) is 1. The lowest BCUT2D eigenvalue weighted by molar-refractivity contribution is 0.0520. The van der Waals surface area contributed by atoms with Gasteiger partial charge in [-0.3, -0.25) is 4.79 Å². The smallest absolute Gasteiger partial charge is 0.408 e. The minimum atomic E-state index is -0.572. The zero-order chi connectivity index (χ0) is 12.2. The number of thiophene rings is 1. The van der Waals surface area contributed by atoms with Crippen molar-refractivity contribution in [2.75, 3.05) is 6.54 Å². The molecule has 5 heteroatoms. The van der Waals surface area contributed by atoms with Gasteiger partial charge in [0.25, 0.3) is 0 Å². The second-order valence-corrected chi connectivity index (χ2v) is 5.20. The Kier molecular flexibility index (Phi) is 4.06. The highest BCUT2D eigenvalue weighted by atomic mass is 32.1. The highest BCUT2D eigenvalue weighted by Crippen LogP contribution is 2.09. The van der Waals surface area contributed by atoms with Gasteiger partial charge < -0.3 is 10.1 Å². The maximum atomic E-state index is 11.5. The average molecular weight is 241 g/mol. The van der Waals surface area contributed by atoms with E-state index >= 15 is 0 Å². The Morgan fingerprint density at radius 3 is 2.62 bits per heavy atom. The van der Waals surface area contributed by atoms with Crippen LogP contribution in [0.2, 0.25) is 0 Å². The molecule has 0 aliphatic rings. The normalized spacial score (nSPS) is 10.9. The quantitative estimate of drug-likeness (QED) is 0.827. The van der Waals surface area contributed by atoms with Crippen LogP contribution in [0.5, 0.6) is 0 Å². The molecule has 0 fully saturated rings. The van der Waals surface area contributed by atoms with Gasteiger partial charge in [-0.1, -0.05) is 6.07 Å². The zero-order valence-corrected chi connectivity index (χ0v) is 10.4. The number of ether oxygens (including phenoxy) is 1. The monoisotopic (exact) mass is 241 g/mol. The van der Waals surface area contributed by atoms with Crippen molar-refractivity contribution < 1.29 is 14.3 Å². The maximum absolute atomic E-state index is 11.5. The molecule has 4 nitrogen and oxygen atoms in total. The lowest BCUT2D eigenvalue weighted by atomic mass is 10.2. The molecule has 0 radical (unpaired) electrons. The van der Waals surface area contributed by atoms with Gasteiger partial charge in [-0.15, -0.1) is 11.3 Å². The van der Waals surface area contributed by atoms with Crippen molar-refractivity contribution in [3.8, 4) is 0 Å². The van der Waals surface area contributed by atoms with Crippen molar-refractivity contribution in [3.63, 3.8) is 0 Å². The van der Waals surface area contributed by atoms with Gasteiger partial charge in [0.15, 0.2) is 5.78 Å². The number of carbonyl (C=O) groups is 2. The van der Waals surface area contributed by atoms with Crippen molar-refractivity contribution in [2.45, 2.75) is 26.4 Å². The standard InChI is InChI=1S/C11H15NO3S/c1-11(2,3)15-10(14)12-7-8(13)9-5-4-6-16-9/h4-6H,7H2,1-3H3,(H,12,14). The van der Waals surface area contributed by atoms with E-state index in [4.69, 9.17) is 4.74 Å². The van der Waals surface area contributed by atoms with E-state index in [1.807, 2.05) is 5.38 Å². The third kappa shape index (κ3) is 4.44. The molecule has 0 aliphatic carbocycles. The van der Waals surface area contributed by atoms with E-state index < -0.39 is 11.7 Å². The Bertz CT molecular complexity index is 365. The van der Waals surface area contributed by atoms with Crippen LogP contribution in [0.1, 0.15) is 30.4 Å². The Morgan fingerprint density at radius 1 is 1.44 bits per heavy atom. The van der Waals surface area contributed by atoms with Crippen molar-refractivity contribution >= 4 is 23.2 Å². The largest absolute Gasteiger partial charge is 0.444 e. The maximum Gasteiger partial charge on any atom is 0.408 e. The molecular formula is C11H15NO3S. The molecule has 1 aromatic heterocycles.